The van der Waals surface area contributed by atoms with E-state index < -0.39 is 5.97 Å². The summed E-state index contributed by atoms with van der Waals surface area (Å²) in [6.45, 7) is 1.57. The van der Waals surface area contributed by atoms with E-state index in [1.165, 1.54) is 17.9 Å². The number of amides is 1. The SMILES string of the molecule is COC(=O)c1c(N)c(C#N)cn1-c1ccc(C(=O)N2CCCC2)cc1. The van der Waals surface area contributed by atoms with Gasteiger partial charge in [-0.15, -0.1) is 0 Å². The zero-order valence-electron chi connectivity index (χ0n) is 13.9. The van der Waals surface area contributed by atoms with E-state index >= 15 is 0 Å². The molecule has 0 aliphatic carbocycles. The van der Waals surface area contributed by atoms with Crippen LogP contribution in [0.25, 0.3) is 5.69 Å². The molecule has 0 bridgehead atoms. The zero-order valence-corrected chi connectivity index (χ0v) is 13.9. The number of likely N-dealkylation sites (tertiary alicyclic amines) is 1. The van der Waals surface area contributed by atoms with Crippen molar-refractivity contribution in [2.75, 3.05) is 25.9 Å². The number of nitrogens with zero attached hydrogens (tertiary/aromatic N) is 3. The zero-order chi connectivity index (χ0) is 18.0. The van der Waals surface area contributed by atoms with Gasteiger partial charge in [-0.3, -0.25) is 4.79 Å². The molecular formula is C18H18N4O3. The van der Waals surface area contributed by atoms with Crippen molar-refractivity contribution in [2.24, 2.45) is 0 Å². The molecule has 2 N–H and O–H groups in total. The number of rotatable bonds is 3. The average molecular weight is 338 g/mol. The number of nitriles is 1. The summed E-state index contributed by atoms with van der Waals surface area (Å²) < 4.78 is 6.26. The molecule has 0 radical (unpaired) electrons. The van der Waals surface area contributed by atoms with Gasteiger partial charge in [0.25, 0.3) is 5.91 Å². The maximum Gasteiger partial charge on any atom is 0.357 e. The quantitative estimate of drug-likeness (QED) is 0.862. The van der Waals surface area contributed by atoms with Crippen molar-refractivity contribution in [3.8, 4) is 11.8 Å². The van der Waals surface area contributed by atoms with Gasteiger partial charge >= 0.3 is 5.97 Å². The van der Waals surface area contributed by atoms with E-state index in [1.54, 1.807) is 24.3 Å². The number of carbonyl (C=O) groups is 2. The van der Waals surface area contributed by atoms with Crippen LogP contribution in [0.1, 0.15) is 39.3 Å². The number of ether oxygens (including phenoxy) is 1. The fourth-order valence-electron chi connectivity index (χ4n) is 2.99. The number of hydrogen-bond acceptors (Lipinski definition) is 5. The predicted octanol–water partition coefficient (Wildman–Crippen LogP) is 1.95. The van der Waals surface area contributed by atoms with Gasteiger partial charge in [-0.2, -0.15) is 5.26 Å². The fraction of sp³-hybridized carbons (Fsp3) is 0.278. The molecular weight excluding hydrogens is 320 g/mol. The van der Waals surface area contributed by atoms with Crippen molar-refractivity contribution >= 4 is 17.6 Å². The molecule has 1 saturated heterocycles. The van der Waals surface area contributed by atoms with Crippen LogP contribution in [0.3, 0.4) is 0 Å². The second-order valence-corrected chi connectivity index (χ2v) is 5.82. The smallest absolute Gasteiger partial charge is 0.357 e. The molecule has 7 nitrogen and oxygen atoms in total. The molecule has 7 heteroatoms. The minimum absolute atomic E-state index is 0.00183. The number of methoxy groups -OCH3 is 1. The lowest BCUT2D eigenvalue weighted by atomic mass is 10.2. The lowest BCUT2D eigenvalue weighted by Crippen LogP contribution is -2.27. The van der Waals surface area contributed by atoms with Crippen LogP contribution >= 0.6 is 0 Å². The first-order valence-corrected chi connectivity index (χ1v) is 7.95. The molecule has 1 aliphatic heterocycles. The summed E-state index contributed by atoms with van der Waals surface area (Å²) in [5, 5.41) is 9.15. The lowest BCUT2D eigenvalue weighted by molar-refractivity contribution is 0.0592. The summed E-state index contributed by atoms with van der Waals surface area (Å²) in [7, 11) is 1.25. The summed E-state index contributed by atoms with van der Waals surface area (Å²) in [5.41, 5.74) is 7.45. The van der Waals surface area contributed by atoms with Gasteiger partial charge in [-0.1, -0.05) is 0 Å². The minimum atomic E-state index is -0.629. The van der Waals surface area contributed by atoms with Gasteiger partial charge < -0.3 is 19.9 Å². The Balaban J connectivity index is 1.96. The molecule has 1 aromatic heterocycles. The molecule has 2 heterocycles. The minimum Gasteiger partial charge on any atom is -0.464 e. The fourth-order valence-corrected chi connectivity index (χ4v) is 2.99. The van der Waals surface area contributed by atoms with Gasteiger partial charge in [0.15, 0.2) is 5.69 Å². The Morgan fingerprint density at radius 3 is 2.40 bits per heavy atom. The maximum atomic E-state index is 12.4. The van der Waals surface area contributed by atoms with Crippen LogP contribution in [0.2, 0.25) is 0 Å². The van der Waals surface area contributed by atoms with E-state index in [9.17, 15) is 9.59 Å². The van der Waals surface area contributed by atoms with E-state index in [4.69, 9.17) is 15.7 Å². The summed E-state index contributed by atoms with van der Waals surface area (Å²) in [6.07, 6.45) is 3.55. The van der Waals surface area contributed by atoms with Crippen LogP contribution in [0, 0.1) is 11.3 Å². The van der Waals surface area contributed by atoms with Crippen LogP contribution in [0.5, 0.6) is 0 Å². The van der Waals surface area contributed by atoms with Crippen LogP contribution in [0.15, 0.2) is 30.5 Å². The molecule has 2 aromatic rings. The van der Waals surface area contributed by atoms with Crippen LogP contribution in [0.4, 0.5) is 5.69 Å². The number of nitrogens with two attached hydrogens (primary N) is 1. The molecule has 1 amide bonds. The highest BCUT2D eigenvalue weighted by Crippen LogP contribution is 2.25. The van der Waals surface area contributed by atoms with E-state index in [0.29, 0.717) is 11.3 Å². The van der Waals surface area contributed by atoms with E-state index in [0.717, 1.165) is 25.9 Å². The number of esters is 1. The highest BCUT2D eigenvalue weighted by Gasteiger charge is 2.23. The first-order valence-electron chi connectivity index (χ1n) is 7.95. The van der Waals surface area contributed by atoms with Crippen LogP contribution < -0.4 is 5.73 Å². The second kappa shape index (κ2) is 6.69. The van der Waals surface area contributed by atoms with E-state index in [1.807, 2.05) is 11.0 Å². The topological polar surface area (TPSA) is 101 Å². The van der Waals surface area contributed by atoms with Crippen LogP contribution in [-0.2, 0) is 4.74 Å². The van der Waals surface area contributed by atoms with Crippen molar-refractivity contribution in [1.82, 2.24) is 9.47 Å². The largest absolute Gasteiger partial charge is 0.464 e. The van der Waals surface area contributed by atoms with Gasteiger partial charge in [0.2, 0.25) is 0 Å². The Bertz CT molecular complexity index is 856. The molecule has 1 fully saturated rings. The lowest BCUT2D eigenvalue weighted by Gasteiger charge is -2.15. The normalized spacial score (nSPS) is 13.5. The summed E-state index contributed by atoms with van der Waals surface area (Å²) in [5.74, 6) is -0.627. The molecule has 128 valence electrons. The first kappa shape index (κ1) is 16.6. The second-order valence-electron chi connectivity index (χ2n) is 5.82. The predicted molar refractivity (Wildman–Crippen MR) is 91.4 cm³/mol. The van der Waals surface area contributed by atoms with Gasteiger partial charge in [-0.25, -0.2) is 4.79 Å². The van der Waals surface area contributed by atoms with E-state index in [-0.39, 0.29) is 22.9 Å². The van der Waals surface area contributed by atoms with Gasteiger partial charge in [0.05, 0.1) is 18.4 Å². The number of hydrogen-bond donors (Lipinski definition) is 1. The standard InChI is InChI=1S/C18H18N4O3/c1-25-18(24)16-15(20)13(10-19)11-22(16)14-6-4-12(5-7-14)17(23)21-8-2-3-9-21/h4-7,11H,2-3,8-9,20H2,1H3. The Hall–Kier alpha value is -3.27. The Kier molecular flexibility index (Phi) is 4.44. The van der Waals surface area contributed by atoms with Gasteiger partial charge in [0.1, 0.15) is 6.07 Å². The summed E-state index contributed by atoms with van der Waals surface area (Å²) in [4.78, 5) is 26.2. The van der Waals surface area contributed by atoms with Crippen molar-refractivity contribution in [2.45, 2.75) is 12.8 Å². The number of nitrogen functional groups attached to an aromatic ring is 1. The number of carbonyl (C=O) groups excluding carboxylic acids is 2. The molecule has 1 aliphatic rings. The van der Waals surface area contributed by atoms with E-state index in [2.05, 4.69) is 0 Å². The molecule has 1 aromatic carbocycles. The summed E-state index contributed by atoms with van der Waals surface area (Å²) >= 11 is 0. The van der Waals surface area contributed by atoms with Crippen molar-refractivity contribution in [3.63, 3.8) is 0 Å². The molecule has 0 atom stereocenters. The third-order valence-corrected chi connectivity index (χ3v) is 4.33. The monoisotopic (exact) mass is 338 g/mol. The molecule has 0 saturated carbocycles. The number of aromatic nitrogens is 1. The van der Waals surface area contributed by atoms with Crippen molar-refractivity contribution in [3.05, 3.63) is 47.3 Å². The number of anilines is 1. The highest BCUT2D eigenvalue weighted by atomic mass is 16.5. The highest BCUT2D eigenvalue weighted by molar-refractivity contribution is 5.96. The molecule has 0 spiro atoms. The Morgan fingerprint density at radius 1 is 1.20 bits per heavy atom. The third-order valence-electron chi connectivity index (χ3n) is 4.33. The van der Waals surface area contributed by atoms with Gasteiger partial charge in [-0.05, 0) is 37.1 Å². The van der Waals surface area contributed by atoms with Gasteiger partial charge in [0, 0.05) is 30.5 Å². The maximum absolute atomic E-state index is 12.4. The first-order chi connectivity index (χ1) is 12.1. The number of benzene rings is 1. The average Bonchev–Trinajstić information content (AvgIpc) is 3.28. The van der Waals surface area contributed by atoms with Crippen molar-refractivity contribution in [1.29, 1.82) is 5.26 Å². The Morgan fingerprint density at radius 2 is 1.84 bits per heavy atom. The summed E-state index contributed by atoms with van der Waals surface area (Å²) in [6, 6.07) is 8.81. The Labute approximate surface area is 145 Å². The molecule has 3 rings (SSSR count). The van der Waals surface area contributed by atoms with Crippen molar-refractivity contribution < 1.29 is 14.3 Å². The molecule has 25 heavy (non-hydrogen) atoms. The molecule has 0 unspecified atom stereocenters. The third kappa shape index (κ3) is 2.94. The van der Waals surface area contributed by atoms with Crippen LogP contribution in [-0.4, -0.2) is 41.5 Å².